The van der Waals surface area contributed by atoms with Crippen LogP contribution in [-0.2, 0) is 19.0 Å². The van der Waals surface area contributed by atoms with E-state index < -0.39 is 17.5 Å². The van der Waals surface area contributed by atoms with Crippen LogP contribution in [0.25, 0.3) is 0 Å². The summed E-state index contributed by atoms with van der Waals surface area (Å²) in [5, 5.41) is 11.5. The Hall–Kier alpha value is -2.72. The van der Waals surface area contributed by atoms with Crippen LogP contribution in [-0.4, -0.2) is 79.9 Å². The highest BCUT2D eigenvalue weighted by Crippen LogP contribution is 2.30. The normalized spacial score (nSPS) is 22.3. The molecule has 1 aromatic carbocycles. The molecule has 0 saturated carbocycles. The summed E-state index contributed by atoms with van der Waals surface area (Å²) in [6, 6.07) is 4.20. The molecule has 158 valence electrons. The monoisotopic (exact) mass is 407 g/mol. The summed E-state index contributed by atoms with van der Waals surface area (Å²) >= 11 is 0. The van der Waals surface area contributed by atoms with Gasteiger partial charge in [-0.1, -0.05) is 0 Å². The van der Waals surface area contributed by atoms with Gasteiger partial charge in [0.15, 0.2) is 6.61 Å². The molecule has 0 spiro atoms. The number of nitrogens with zero attached hydrogens (tertiary/aromatic N) is 3. The van der Waals surface area contributed by atoms with E-state index in [0.717, 1.165) is 0 Å². The average Bonchev–Trinajstić information content (AvgIpc) is 2.71. The van der Waals surface area contributed by atoms with Gasteiger partial charge in [-0.25, -0.2) is 4.79 Å². The zero-order valence-corrected chi connectivity index (χ0v) is 16.5. The predicted molar refractivity (Wildman–Crippen MR) is 103 cm³/mol. The Bertz CT molecular complexity index is 769. The van der Waals surface area contributed by atoms with Crippen LogP contribution in [0.1, 0.15) is 24.2 Å². The molecule has 0 radical (unpaired) electrons. The van der Waals surface area contributed by atoms with Crippen LogP contribution in [0.4, 0.5) is 11.4 Å². The number of hydrogen-bond donors (Lipinski definition) is 0. The van der Waals surface area contributed by atoms with E-state index in [4.69, 9.17) is 14.2 Å². The van der Waals surface area contributed by atoms with Gasteiger partial charge in [0.25, 0.3) is 11.6 Å². The van der Waals surface area contributed by atoms with Crippen LogP contribution >= 0.6 is 0 Å². The van der Waals surface area contributed by atoms with Crippen molar-refractivity contribution in [1.82, 2.24) is 4.90 Å². The van der Waals surface area contributed by atoms with Crippen LogP contribution in [0.2, 0.25) is 0 Å². The lowest BCUT2D eigenvalue weighted by atomic mass is 10.1. The molecule has 10 nitrogen and oxygen atoms in total. The van der Waals surface area contributed by atoms with Crippen molar-refractivity contribution >= 4 is 23.3 Å². The molecule has 10 heteroatoms. The number of carbonyl (C=O) groups excluding carboxylic acids is 2. The number of amides is 1. The fourth-order valence-corrected chi connectivity index (χ4v) is 3.55. The van der Waals surface area contributed by atoms with Crippen LogP contribution in [0, 0.1) is 10.1 Å². The molecule has 0 unspecified atom stereocenters. The van der Waals surface area contributed by atoms with Gasteiger partial charge in [0.05, 0.1) is 35.9 Å². The first-order chi connectivity index (χ1) is 13.8. The molecule has 1 amide bonds. The van der Waals surface area contributed by atoms with E-state index in [-0.39, 0.29) is 29.4 Å². The third kappa shape index (κ3) is 5.21. The van der Waals surface area contributed by atoms with E-state index in [2.05, 4.69) is 0 Å². The zero-order valence-electron chi connectivity index (χ0n) is 16.5. The lowest BCUT2D eigenvalue weighted by molar-refractivity contribution is -0.384. The molecule has 0 aliphatic carbocycles. The van der Waals surface area contributed by atoms with Gasteiger partial charge in [0.2, 0.25) is 0 Å². The van der Waals surface area contributed by atoms with Gasteiger partial charge in [-0.3, -0.25) is 14.9 Å². The fraction of sp³-hybridized carbons (Fsp3) is 0.579. The Morgan fingerprint density at radius 3 is 2.48 bits per heavy atom. The zero-order chi connectivity index (χ0) is 21.0. The first kappa shape index (κ1) is 21.0. The number of hydrogen-bond acceptors (Lipinski definition) is 8. The number of nitro groups is 1. The van der Waals surface area contributed by atoms with Crippen molar-refractivity contribution in [1.29, 1.82) is 0 Å². The van der Waals surface area contributed by atoms with Crippen molar-refractivity contribution in [3.8, 4) is 0 Å². The van der Waals surface area contributed by atoms with E-state index >= 15 is 0 Å². The molecule has 2 aliphatic rings. The molecule has 2 aliphatic heterocycles. The van der Waals surface area contributed by atoms with Gasteiger partial charge in [-0.05, 0) is 26.0 Å². The van der Waals surface area contributed by atoms with Gasteiger partial charge in [0.1, 0.15) is 5.69 Å². The molecule has 0 bridgehead atoms. The summed E-state index contributed by atoms with van der Waals surface area (Å²) < 4.78 is 16.0. The van der Waals surface area contributed by atoms with Gasteiger partial charge < -0.3 is 24.0 Å². The Labute approximate surface area is 168 Å². The molecule has 2 heterocycles. The van der Waals surface area contributed by atoms with E-state index in [1.165, 1.54) is 18.2 Å². The molecular weight excluding hydrogens is 382 g/mol. The third-order valence-corrected chi connectivity index (χ3v) is 4.86. The number of anilines is 1. The molecule has 29 heavy (non-hydrogen) atoms. The minimum Gasteiger partial charge on any atom is -0.452 e. The molecule has 3 rings (SSSR count). The van der Waals surface area contributed by atoms with E-state index in [1.54, 1.807) is 4.90 Å². The summed E-state index contributed by atoms with van der Waals surface area (Å²) in [4.78, 5) is 39.1. The largest absolute Gasteiger partial charge is 0.452 e. The second-order valence-electron chi connectivity index (χ2n) is 7.19. The fourth-order valence-electron chi connectivity index (χ4n) is 3.55. The van der Waals surface area contributed by atoms with Crippen LogP contribution in [0.5, 0.6) is 0 Å². The third-order valence-electron chi connectivity index (χ3n) is 4.86. The van der Waals surface area contributed by atoms with E-state index in [1.807, 2.05) is 18.7 Å². The van der Waals surface area contributed by atoms with Gasteiger partial charge in [0, 0.05) is 32.2 Å². The molecule has 0 N–H and O–H groups in total. The second kappa shape index (κ2) is 9.19. The smallest absolute Gasteiger partial charge is 0.338 e. The number of carbonyl (C=O) groups is 2. The van der Waals surface area contributed by atoms with Crippen molar-refractivity contribution < 1.29 is 28.7 Å². The van der Waals surface area contributed by atoms with Crippen molar-refractivity contribution in [2.45, 2.75) is 26.1 Å². The maximum atomic E-state index is 12.3. The van der Waals surface area contributed by atoms with E-state index in [0.29, 0.717) is 45.1 Å². The minimum atomic E-state index is -0.774. The second-order valence-corrected chi connectivity index (χ2v) is 7.19. The summed E-state index contributed by atoms with van der Waals surface area (Å²) in [6.07, 6.45) is -0.178. The summed E-state index contributed by atoms with van der Waals surface area (Å²) in [6.45, 7) is 6.24. The SMILES string of the molecule is C[C@@H]1CN(C(=O)COC(=O)c2ccc(N3CCOCC3)c([N+](=O)[O-])c2)C[C@@H](C)O1. The Morgan fingerprint density at radius 2 is 1.86 bits per heavy atom. The summed E-state index contributed by atoms with van der Waals surface area (Å²) in [5.74, 6) is -1.09. The van der Waals surface area contributed by atoms with Crippen LogP contribution < -0.4 is 4.90 Å². The Kier molecular flexibility index (Phi) is 6.65. The van der Waals surface area contributed by atoms with Crippen molar-refractivity contribution in [3.05, 3.63) is 33.9 Å². The highest BCUT2D eigenvalue weighted by molar-refractivity contribution is 5.93. The molecule has 2 fully saturated rings. The van der Waals surface area contributed by atoms with Gasteiger partial charge >= 0.3 is 5.97 Å². The molecular formula is C19H25N3O7. The number of nitro benzene ring substituents is 1. The Balaban J connectivity index is 1.65. The number of morpholine rings is 2. The number of ether oxygens (including phenoxy) is 3. The highest BCUT2D eigenvalue weighted by atomic mass is 16.6. The summed E-state index contributed by atoms with van der Waals surface area (Å²) in [5.41, 5.74) is 0.288. The molecule has 1 aromatic rings. The van der Waals surface area contributed by atoms with Gasteiger partial charge in [-0.15, -0.1) is 0 Å². The predicted octanol–water partition coefficient (Wildman–Crippen LogP) is 1.22. The lowest BCUT2D eigenvalue weighted by Crippen LogP contribution is -2.49. The number of rotatable bonds is 5. The van der Waals surface area contributed by atoms with Crippen molar-refractivity contribution in [2.75, 3.05) is 50.9 Å². The first-order valence-corrected chi connectivity index (χ1v) is 9.56. The average molecular weight is 407 g/mol. The lowest BCUT2D eigenvalue weighted by Gasteiger charge is -2.35. The number of benzene rings is 1. The van der Waals surface area contributed by atoms with Gasteiger partial charge in [-0.2, -0.15) is 0 Å². The maximum absolute atomic E-state index is 12.3. The maximum Gasteiger partial charge on any atom is 0.338 e. The van der Waals surface area contributed by atoms with Crippen molar-refractivity contribution in [3.63, 3.8) is 0 Å². The number of esters is 1. The summed E-state index contributed by atoms with van der Waals surface area (Å²) in [7, 11) is 0. The van der Waals surface area contributed by atoms with Crippen LogP contribution in [0.3, 0.4) is 0 Å². The first-order valence-electron chi connectivity index (χ1n) is 9.56. The molecule has 2 atom stereocenters. The standard InChI is InChI=1S/C19H25N3O7/c1-13-10-21(11-14(2)29-13)18(23)12-28-19(24)15-3-4-16(17(9-15)22(25)26)20-5-7-27-8-6-20/h3-4,9,13-14H,5-8,10-12H2,1-2H3/t13-,14-/m1/s1. The van der Waals surface area contributed by atoms with Crippen molar-refractivity contribution in [2.24, 2.45) is 0 Å². The molecule has 2 saturated heterocycles. The Morgan fingerprint density at radius 1 is 1.21 bits per heavy atom. The van der Waals surface area contributed by atoms with Crippen LogP contribution in [0.15, 0.2) is 18.2 Å². The molecule has 0 aromatic heterocycles. The topological polar surface area (TPSA) is 111 Å². The quantitative estimate of drug-likeness (QED) is 0.407. The highest BCUT2D eigenvalue weighted by Gasteiger charge is 2.27. The minimum absolute atomic E-state index is 0.0326. The van der Waals surface area contributed by atoms with E-state index in [9.17, 15) is 19.7 Å².